The first-order valence-corrected chi connectivity index (χ1v) is 14.3. The first kappa shape index (κ1) is 33.7. The van der Waals surface area contributed by atoms with Crippen LogP contribution in [-0.4, -0.2) is 44.3 Å². The number of halogens is 4. The van der Waals surface area contributed by atoms with E-state index in [9.17, 15) is 18.8 Å². The van der Waals surface area contributed by atoms with E-state index in [1.165, 1.54) is 6.07 Å². The Morgan fingerprint density at radius 3 is 1.93 bits per heavy atom. The number of nitriles is 1. The molecule has 4 aromatic carbocycles. The molecule has 2 saturated heterocycles. The molecule has 0 unspecified atom stereocenters. The number of hydrogen-bond donors (Lipinski definition) is 3. The summed E-state index contributed by atoms with van der Waals surface area (Å²) in [6.45, 7) is 3.15. The lowest BCUT2D eigenvalue weighted by Gasteiger charge is -2.19. The predicted molar refractivity (Wildman–Crippen MR) is 175 cm³/mol. The Hall–Kier alpha value is -4.20. The molecule has 1 amide bonds. The lowest BCUT2D eigenvalue weighted by Crippen LogP contribution is -2.20. The summed E-state index contributed by atoms with van der Waals surface area (Å²) in [5.41, 5.74) is 3.95. The summed E-state index contributed by atoms with van der Waals surface area (Å²) in [6, 6.07) is 23.4. The quantitative estimate of drug-likeness (QED) is 0.195. The second kappa shape index (κ2) is 15.2. The number of carbonyl (C=O) groups is 1. The Morgan fingerprint density at radius 2 is 1.36 bits per heavy atom. The molecule has 2 fully saturated rings. The van der Waals surface area contributed by atoms with E-state index >= 15 is 0 Å². The minimum absolute atomic E-state index is 0. The van der Waals surface area contributed by atoms with Crippen molar-refractivity contribution < 1.29 is 23.0 Å². The molecule has 0 bridgehead atoms. The average molecular weight is 654 g/mol. The Morgan fingerprint density at radius 1 is 0.756 bits per heavy atom. The van der Waals surface area contributed by atoms with Crippen LogP contribution in [0.15, 0.2) is 78.9 Å². The van der Waals surface area contributed by atoms with Crippen LogP contribution >= 0.6 is 24.8 Å². The molecule has 0 radical (unpaired) electrons. The van der Waals surface area contributed by atoms with Crippen LogP contribution in [0.1, 0.15) is 28.8 Å². The number of carbonyl (C=O) groups excluding carboxylic acids is 1. The molecule has 0 spiro atoms. The maximum Gasteiger partial charge on any atom is 0.255 e. The van der Waals surface area contributed by atoms with Gasteiger partial charge in [0.2, 0.25) is 0 Å². The van der Waals surface area contributed by atoms with E-state index in [1.54, 1.807) is 36.4 Å². The van der Waals surface area contributed by atoms with E-state index in [0.717, 1.165) is 55.7 Å². The molecule has 2 aliphatic heterocycles. The summed E-state index contributed by atoms with van der Waals surface area (Å²) >= 11 is 0. The molecule has 6 rings (SSSR count). The highest BCUT2D eigenvalue weighted by Crippen LogP contribution is 2.36. The zero-order valence-electron chi connectivity index (χ0n) is 24.1. The van der Waals surface area contributed by atoms with Crippen LogP contribution < -0.4 is 25.4 Å². The Balaban J connectivity index is 0.00000230. The van der Waals surface area contributed by atoms with Crippen LogP contribution in [0.4, 0.5) is 14.5 Å². The van der Waals surface area contributed by atoms with Crippen LogP contribution in [-0.2, 0) is 0 Å². The summed E-state index contributed by atoms with van der Waals surface area (Å²) in [6.07, 6.45) is 1.68. The van der Waals surface area contributed by atoms with Crippen molar-refractivity contribution >= 4 is 36.4 Å². The summed E-state index contributed by atoms with van der Waals surface area (Å²) < 4.78 is 40.4. The largest absolute Gasteiger partial charge is 0.488 e. The minimum Gasteiger partial charge on any atom is -0.488 e. The molecule has 2 atom stereocenters. The second-order valence-electron chi connectivity index (χ2n) is 10.7. The molecule has 0 aromatic heterocycles. The van der Waals surface area contributed by atoms with Gasteiger partial charge >= 0.3 is 0 Å². The Bertz CT molecular complexity index is 1690. The molecular formula is C34H32Cl2F2N4O3. The van der Waals surface area contributed by atoms with Gasteiger partial charge in [-0.3, -0.25) is 4.79 Å². The van der Waals surface area contributed by atoms with Gasteiger partial charge in [0, 0.05) is 35.5 Å². The monoisotopic (exact) mass is 652 g/mol. The summed E-state index contributed by atoms with van der Waals surface area (Å²) in [5.74, 6) is -1.14. The van der Waals surface area contributed by atoms with Gasteiger partial charge < -0.3 is 25.4 Å². The first-order valence-electron chi connectivity index (χ1n) is 14.3. The van der Waals surface area contributed by atoms with Crippen molar-refractivity contribution in [3.05, 3.63) is 102 Å². The van der Waals surface area contributed by atoms with Crippen LogP contribution in [0, 0.1) is 23.0 Å². The zero-order valence-corrected chi connectivity index (χ0v) is 25.8. The maximum absolute atomic E-state index is 14.2. The average Bonchev–Trinajstić information content (AvgIpc) is 3.74. The van der Waals surface area contributed by atoms with Crippen molar-refractivity contribution in [1.29, 1.82) is 5.26 Å². The predicted octanol–water partition coefficient (Wildman–Crippen LogP) is 6.75. The van der Waals surface area contributed by atoms with Crippen LogP contribution in [0.3, 0.4) is 0 Å². The summed E-state index contributed by atoms with van der Waals surface area (Å²) in [5, 5.41) is 18.7. The molecule has 2 heterocycles. The van der Waals surface area contributed by atoms with Crippen LogP contribution in [0.25, 0.3) is 22.3 Å². The van der Waals surface area contributed by atoms with Gasteiger partial charge in [-0.25, -0.2) is 8.78 Å². The first-order chi connectivity index (χ1) is 21.0. The van der Waals surface area contributed by atoms with Gasteiger partial charge in [-0.1, -0.05) is 18.2 Å². The van der Waals surface area contributed by atoms with Gasteiger partial charge in [0.1, 0.15) is 23.7 Å². The van der Waals surface area contributed by atoms with Crippen molar-refractivity contribution in [3.8, 4) is 39.8 Å². The molecule has 234 valence electrons. The van der Waals surface area contributed by atoms with E-state index in [2.05, 4.69) is 22.0 Å². The van der Waals surface area contributed by atoms with Crippen molar-refractivity contribution in [2.45, 2.75) is 25.0 Å². The highest BCUT2D eigenvalue weighted by atomic mass is 35.5. The van der Waals surface area contributed by atoms with Crippen LogP contribution in [0.5, 0.6) is 11.5 Å². The third-order valence-corrected chi connectivity index (χ3v) is 7.65. The van der Waals surface area contributed by atoms with E-state index in [4.69, 9.17) is 9.47 Å². The normalized spacial score (nSPS) is 17.0. The summed E-state index contributed by atoms with van der Waals surface area (Å²) in [7, 11) is 0. The lowest BCUT2D eigenvalue weighted by molar-refractivity contribution is 0.102. The molecular weight excluding hydrogens is 621 g/mol. The standard InChI is InChI=1S/C34H30F2N4O3.2ClH/c35-30-8-5-23(16-31(30)36)28-15-24(6-9-32(28)42-26-11-13-38-19-26)34(41)40-25-7-10-33(43-27-12-14-39-20-27)29(17-25)22-3-1-21(18-37)2-4-22;;/h1-10,15-17,26-27,38-39H,11-14,19-20H2,(H,40,41);2*1H/t26-,27-;;/m0../s1. The maximum atomic E-state index is 14.2. The number of benzene rings is 4. The van der Waals surface area contributed by atoms with E-state index < -0.39 is 11.6 Å². The van der Waals surface area contributed by atoms with E-state index in [-0.39, 0.29) is 42.9 Å². The molecule has 0 saturated carbocycles. The van der Waals surface area contributed by atoms with E-state index in [0.29, 0.717) is 46.0 Å². The second-order valence-corrected chi connectivity index (χ2v) is 10.7. The molecule has 4 aromatic rings. The van der Waals surface area contributed by atoms with Gasteiger partial charge in [0.05, 0.1) is 11.6 Å². The molecule has 11 heteroatoms. The molecule has 3 N–H and O–H groups in total. The molecule has 0 aliphatic carbocycles. The fourth-order valence-corrected chi connectivity index (χ4v) is 5.34. The highest BCUT2D eigenvalue weighted by Gasteiger charge is 2.21. The third kappa shape index (κ3) is 7.91. The van der Waals surface area contributed by atoms with E-state index in [1.807, 2.05) is 24.3 Å². The van der Waals surface area contributed by atoms with Crippen LogP contribution in [0.2, 0.25) is 0 Å². The smallest absolute Gasteiger partial charge is 0.255 e. The number of amides is 1. The molecule has 7 nitrogen and oxygen atoms in total. The van der Waals surface area contributed by atoms with Crippen molar-refractivity contribution in [3.63, 3.8) is 0 Å². The third-order valence-electron chi connectivity index (χ3n) is 7.65. The number of nitrogens with zero attached hydrogens (tertiary/aromatic N) is 1. The van der Waals surface area contributed by atoms with Crippen molar-refractivity contribution in [2.24, 2.45) is 0 Å². The topological polar surface area (TPSA) is 95.4 Å². The number of ether oxygens (including phenoxy) is 2. The van der Waals surface area contributed by atoms with Crippen molar-refractivity contribution in [1.82, 2.24) is 10.6 Å². The number of hydrogen-bond acceptors (Lipinski definition) is 6. The highest BCUT2D eigenvalue weighted by molar-refractivity contribution is 6.05. The Kier molecular flexibility index (Phi) is 11.4. The summed E-state index contributed by atoms with van der Waals surface area (Å²) in [4.78, 5) is 13.5. The minimum atomic E-state index is -0.980. The van der Waals surface area contributed by atoms with Gasteiger partial charge in [-0.2, -0.15) is 5.26 Å². The van der Waals surface area contributed by atoms with Gasteiger partial charge in [0.15, 0.2) is 11.6 Å². The van der Waals surface area contributed by atoms with Gasteiger partial charge in [0.25, 0.3) is 5.91 Å². The molecule has 2 aliphatic rings. The number of anilines is 1. The fraction of sp³-hybridized carbons (Fsp3) is 0.235. The molecule has 45 heavy (non-hydrogen) atoms. The number of nitrogens with one attached hydrogen (secondary N) is 3. The zero-order chi connectivity index (χ0) is 29.8. The van der Waals surface area contributed by atoms with Gasteiger partial charge in [-0.05, 0) is 97.7 Å². The van der Waals surface area contributed by atoms with Crippen molar-refractivity contribution in [2.75, 3.05) is 31.5 Å². The lowest BCUT2D eigenvalue weighted by atomic mass is 10.0. The SMILES string of the molecule is Cl.Cl.N#Cc1ccc(-c2cc(NC(=O)c3ccc(O[C@H]4CCNC4)c(-c4ccc(F)c(F)c4)c3)ccc2O[C@H]2CCNC2)cc1. The Labute approximate surface area is 272 Å². The van der Waals surface area contributed by atoms with Gasteiger partial charge in [-0.15, -0.1) is 24.8 Å². The fourth-order valence-electron chi connectivity index (χ4n) is 5.34. The number of rotatable bonds is 8.